The molecular formula is C25H24N6O5. The number of hydrogen-bond acceptors (Lipinski definition) is 8. The molecule has 2 heterocycles. The van der Waals surface area contributed by atoms with Crippen molar-refractivity contribution in [3.05, 3.63) is 67.0 Å². The lowest BCUT2D eigenvalue weighted by molar-refractivity contribution is -0.141. The maximum absolute atomic E-state index is 13.5. The molecule has 11 heteroatoms. The number of benzene rings is 2. The van der Waals surface area contributed by atoms with Crippen LogP contribution in [0.4, 0.5) is 22.1 Å². The predicted octanol–water partition coefficient (Wildman–Crippen LogP) is 3.93. The summed E-state index contributed by atoms with van der Waals surface area (Å²) in [4.78, 5) is 51.8. The largest absolute Gasteiger partial charge is 0.468 e. The van der Waals surface area contributed by atoms with Gasteiger partial charge in [0.2, 0.25) is 11.9 Å². The molecule has 11 nitrogen and oxygen atoms in total. The van der Waals surface area contributed by atoms with Crippen molar-refractivity contribution < 1.29 is 23.9 Å². The average molecular weight is 489 g/mol. The molecule has 0 atom stereocenters. The normalized spacial score (nSPS) is 10.8. The van der Waals surface area contributed by atoms with Crippen molar-refractivity contribution in [1.82, 2.24) is 19.5 Å². The van der Waals surface area contributed by atoms with Gasteiger partial charge in [0.25, 0.3) is 5.88 Å². The molecule has 0 aliphatic rings. The number of aromatic nitrogens is 4. The van der Waals surface area contributed by atoms with Gasteiger partial charge in [-0.25, -0.2) is 14.7 Å². The Hall–Kier alpha value is -4.80. The number of nitrogens with one attached hydrogen (secondary N) is 1. The molecule has 0 unspecified atom stereocenters. The molecule has 0 spiro atoms. The minimum Gasteiger partial charge on any atom is -0.468 e. The molecule has 36 heavy (non-hydrogen) atoms. The standard InChI is InChI=1S/C25H24N6O5/c1-16(2)22(33)28-24-27-21-20(26-15-30(21)14-19(32)35-3)23(29-24)36-25(34)31(17-10-6-4-7-11-17)18-12-8-5-9-13-18/h4-13,15-16H,14H2,1-3H3,(H,27,28,29,33). The molecule has 0 aliphatic heterocycles. The molecule has 184 valence electrons. The lowest BCUT2D eigenvalue weighted by atomic mass is 10.2. The third-order valence-corrected chi connectivity index (χ3v) is 5.11. The van der Waals surface area contributed by atoms with Crippen LogP contribution in [0.3, 0.4) is 0 Å². The van der Waals surface area contributed by atoms with Crippen LogP contribution in [0.2, 0.25) is 0 Å². The Morgan fingerprint density at radius 1 is 0.972 bits per heavy atom. The molecule has 2 aromatic heterocycles. The van der Waals surface area contributed by atoms with E-state index in [0.29, 0.717) is 11.4 Å². The second-order valence-corrected chi connectivity index (χ2v) is 7.99. The van der Waals surface area contributed by atoms with E-state index in [0.717, 1.165) is 0 Å². The molecule has 0 bridgehead atoms. The molecular weight excluding hydrogens is 464 g/mol. The van der Waals surface area contributed by atoms with E-state index < -0.39 is 12.1 Å². The van der Waals surface area contributed by atoms with Crippen LogP contribution in [0.25, 0.3) is 11.2 Å². The number of anilines is 3. The van der Waals surface area contributed by atoms with Crippen molar-refractivity contribution in [2.75, 3.05) is 17.3 Å². The van der Waals surface area contributed by atoms with Crippen LogP contribution < -0.4 is 15.0 Å². The van der Waals surface area contributed by atoms with Crippen molar-refractivity contribution in [3.63, 3.8) is 0 Å². The van der Waals surface area contributed by atoms with Gasteiger partial charge in [0.05, 0.1) is 24.8 Å². The van der Waals surface area contributed by atoms with Crippen molar-refractivity contribution in [2.24, 2.45) is 5.92 Å². The fraction of sp³-hybridized carbons (Fsp3) is 0.200. The number of carbonyl (C=O) groups is 3. The van der Waals surface area contributed by atoms with Crippen molar-refractivity contribution in [2.45, 2.75) is 20.4 Å². The number of rotatable bonds is 7. The molecule has 0 saturated heterocycles. The van der Waals surface area contributed by atoms with Gasteiger partial charge in [-0.2, -0.15) is 9.97 Å². The van der Waals surface area contributed by atoms with E-state index in [4.69, 9.17) is 9.47 Å². The van der Waals surface area contributed by atoms with Gasteiger partial charge in [-0.05, 0) is 24.3 Å². The van der Waals surface area contributed by atoms with Crippen LogP contribution in [0.1, 0.15) is 13.8 Å². The van der Waals surface area contributed by atoms with E-state index in [2.05, 4.69) is 20.3 Å². The topological polar surface area (TPSA) is 129 Å². The van der Waals surface area contributed by atoms with Gasteiger partial charge in [0.1, 0.15) is 6.54 Å². The minimum atomic E-state index is -0.754. The zero-order chi connectivity index (χ0) is 25.7. The minimum absolute atomic E-state index is 0.0958. The first-order valence-electron chi connectivity index (χ1n) is 11.1. The Morgan fingerprint density at radius 3 is 2.14 bits per heavy atom. The van der Waals surface area contributed by atoms with Crippen LogP contribution in [-0.2, 0) is 20.9 Å². The monoisotopic (exact) mass is 488 g/mol. The number of esters is 1. The summed E-state index contributed by atoms with van der Waals surface area (Å²) in [5.41, 5.74) is 1.46. The Balaban J connectivity index is 1.76. The van der Waals surface area contributed by atoms with Gasteiger partial charge in [-0.15, -0.1) is 0 Å². The maximum atomic E-state index is 13.5. The summed E-state index contributed by atoms with van der Waals surface area (Å²) in [6.07, 6.45) is 0.601. The first kappa shape index (κ1) is 24.3. The highest BCUT2D eigenvalue weighted by atomic mass is 16.6. The lowest BCUT2D eigenvalue weighted by Crippen LogP contribution is -2.29. The van der Waals surface area contributed by atoms with E-state index in [-0.39, 0.29) is 41.4 Å². The predicted molar refractivity (Wildman–Crippen MR) is 132 cm³/mol. The first-order chi connectivity index (χ1) is 17.4. The van der Waals surface area contributed by atoms with Crippen LogP contribution in [0.5, 0.6) is 5.88 Å². The highest BCUT2D eigenvalue weighted by molar-refractivity contribution is 5.98. The van der Waals surface area contributed by atoms with Gasteiger partial charge in [0.15, 0.2) is 11.2 Å². The summed E-state index contributed by atoms with van der Waals surface area (Å²) >= 11 is 0. The fourth-order valence-corrected chi connectivity index (χ4v) is 3.26. The molecule has 0 saturated carbocycles. The Labute approximate surface area is 206 Å². The zero-order valence-corrected chi connectivity index (χ0v) is 19.9. The zero-order valence-electron chi connectivity index (χ0n) is 19.9. The van der Waals surface area contributed by atoms with Gasteiger partial charge in [-0.1, -0.05) is 50.2 Å². The van der Waals surface area contributed by atoms with Crippen LogP contribution in [-0.4, -0.2) is 44.6 Å². The molecule has 4 rings (SSSR count). The number of carbonyl (C=O) groups excluding carboxylic acids is 3. The van der Waals surface area contributed by atoms with Gasteiger partial charge >= 0.3 is 12.1 Å². The highest BCUT2D eigenvalue weighted by Crippen LogP contribution is 2.29. The van der Waals surface area contributed by atoms with Crippen molar-refractivity contribution in [3.8, 4) is 5.88 Å². The average Bonchev–Trinajstić information content (AvgIpc) is 3.28. The van der Waals surface area contributed by atoms with E-state index >= 15 is 0 Å². The number of amides is 2. The van der Waals surface area contributed by atoms with Crippen molar-refractivity contribution >= 4 is 46.5 Å². The van der Waals surface area contributed by atoms with E-state index in [1.54, 1.807) is 62.4 Å². The fourth-order valence-electron chi connectivity index (χ4n) is 3.26. The van der Waals surface area contributed by atoms with E-state index in [1.165, 1.54) is 22.9 Å². The van der Waals surface area contributed by atoms with Crippen LogP contribution in [0.15, 0.2) is 67.0 Å². The summed E-state index contributed by atoms with van der Waals surface area (Å²) in [5.74, 6) is -1.48. The Morgan fingerprint density at radius 2 is 1.58 bits per heavy atom. The molecule has 2 amide bonds. The number of nitrogens with zero attached hydrogens (tertiary/aromatic N) is 5. The number of fused-ring (bicyclic) bond motifs is 1. The summed E-state index contributed by atoms with van der Waals surface area (Å²) in [7, 11) is 1.26. The first-order valence-corrected chi connectivity index (χ1v) is 11.1. The third-order valence-electron chi connectivity index (χ3n) is 5.11. The summed E-state index contributed by atoms with van der Waals surface area (Å²) in [6.45, 7) is 3.25. The van der Waals surface area contributed by atoms with Crippen LogP contribution in [0, 0.1) is 5.92 Å². The second kappa shape index (κ2) is 10.6. The molecule has 4 aromatic rings. The third kappa shape index (κ3) is 5.30. The quantitative estimate of drug-likeness (QED) is 0.388. The van der Waals surface area contributed by atoms with Gasteiger partial charge in [0, 0.05) is 5.92 Å². The number of hydrogen-bond donors (Lipinski definition) is 1. The SMILES string of the molecule is COC(=O)Cn1cnc2c(OC(=O)N(c3ccccc3)c3ccccc3)nc(NC(=O)C(C)C)nc21. The summed E-state index contributed by atoms with van der Waals surface area (Å²) in [6, 6.07) is 17.9. The molecule has 0 radical (unpaired) electrons. The molecule has 2 aromatic carbocycles. The number of para-hydroxylation sites is 2. The van der Waals surface area contributed by atoms with E-state index in [1.807, 2.05) is 12.1 Å². The Kier molecular flexibility index (Phi) is 7.19. The summed E-state index contributed by atoms with van der Waals surface area (Å²) < 4.78 is 11.9. The van der Waals surface area contributed by atoms with Crippen LogP contribution >= 0.6 is 0 Å². The smallest absolute Gasteiger partial charge is 0.425 e. The molecule has 1 N–H and O–H groups in total. The molecule has 0 fully saturated rings. The Bertz CT molecular complexity index is 1350. The number of methoxy groups -OCH3 is 1. The number of imidazole rings is 1. The summed E-state index contributed by atoms with van der Waals surface area (Å²) in [5, 5.41) is 2.60. The highest BCUT2D eigenvalue weighted by Gasteiger charge is 2.25. The van der Waals surface area contributed by atoms with Gasteiger partial charge < -0.3 is 14.0 Å². The number of ether oxygens (including phenoxy) is 2. The lowest BCUT2D eigenvalue weighted by Gasteiger charge is -2.22. The van der Waals surface area contributed by atoms with Crippen molar-refractivity contribution in [1.29, 1.82) is 0 Å². The second-order valence-electron chi connectivity index (χ2n) is 7.99. The molecule has 0 aliphatic carbocycles. The van der Waals surface area contributed by atoms with Gasteiger partial charge in [-0.3, -0.25) is 14.9 Å². The van der Waals surface area contributed by atoms with E-state index in [9.17, 15) is 14.4 Å². The maximum Gasteiger partial charge on any atom is 0.425 e.